The van der Waals surface area contributed by atoms with Gasteiger partial charge >= 0.3 is 5.97 Å². The van der Waals surface area contributed by atoms with E-state index < -0.39 is 23.6 Å². The van der Waals surface area contributed by atoms with Crippen LogP contribution in [0.2, 0.25) is 5.02 Å². The van der Waals surface area contributed by atoms with Crippen LogP contribution in [0.4, 0.5) is 5.69 Å². The normalized spacial score (nSPS) is 15.0. The first kappa shape index (κ1) is 23.5. The molecule has 9 nitrogen and oxygen atoms in total. The van der Waals surface area contributed by atoms with Gasteiger partial charge in [0.05, 0.1) is 12.3 Å². The topological polar surface area (TPSA) is 109 Å². The summed E-state index contributed by atoms with van der Waals surface area (Å²) < 4.78 is 26.0. The smallest absolute Gasteiger partial charge is 0.326 e. The third-order valence-electron chi connectivity index (χ3n) is 4.57. The van der Waals surface area contributed by atoms with E-state index in [0.717, 1.165) is 5.56 Å². The molecule has 10 heteroatoms. The Labute approximate surface area is 189 Å². The Morgan fingerprint density at radius 1 is 1.00 bits per heavy atom. The van der Waals surface area contributed by atoms with E-state index in [1.165, 1.54) is 32.4 Å². The van der Waals surface area contributed by atoms with Gasteiger partial charge in [-0.05, 0) is 35.9 Å². The zero-order valence-electron chi connectivity index (χ0n) is 17.5. The van der Waals surface area contributed by atoms with Gasteiger partial charge in [-0.2, -0.15) is 0 Å². The Balaban J connectivity index is 1.62. The predicted octanol–water partition coefficient (Wildman–Crippen LogP) is 2.84. The first-order valence-corrected chi connectivity index (χ1v) is 10.00. The molecule has 1 aliphatic rings. The largest absolute Gasteiger partial charge is 0.464 e. The summed E-state index contributed by atoms with van der Waals surface area (Å²) in [5.74, 6) is -2.94. The number of carbonyl (C=O) groups is 3. The van der Waals surface area contributed by atoms with Crippen LogP contribution < -0.4 is 14.8 Å². The van der Waals surface area contributed by atoms with Crippen LogP contribution in [0.15, 0.2) is 36.4 Å². The Bertz CT molecular complexity index is 1010. The summed E-state index contributed by atoms with van der Waals surface area (Å²) in [6, 6.07) is 9.63. The lowest BCUT2D eigenvalue weighted by atomic mass is 9.92. The molecule has 0 saturated heterocycles. The highest BCUT2D eigenvalue weighted by molar-refractivity contribution is 6.33. The first-order valence-electron chi connectivity index (χ1n) is 9.62. The fourth-order valence-corrected chi connectivity index (χ4v) is 3.24. The number of nitrogens with one attached hydrogen (secondary N) is 1. The monoisotopic (exact) mass is 463 g/mol. The SMILES string of the molecule is COCOc1ccc(CCOC(=O)C2C(=O)Nc3cc(Cl)ccc3C2=O)cc1OCOC. The zero-order valence-corrected chi connectivity index (χ0v) is 18.3. The van der Waals surface area contributed by atoms with Gasteiger partial charge in [0, 0.05) is 31.2 Å². The maximum absolute atomic E-state index is 12.6. The second kappa shape index (κ2) is 10.9. The van der Waals surface area contributed by atoms with E-state index in [1.54, 1.807) is 18.2 Å². The lowest BCUT2D eigenvalue weighted by molar-refractivity contribution is -0.149. The van der Waals surface area contributed by atoms with Crippen LogP contribution in [-0.2, 0) is 30.2 Å². The number of fused-ring (bicyclic) bond motifs is 1. The van der Waals surface area contributed by atoms with Crippen LogP contribution in [0.5, 0.6) is 11.5 Å². The van der Waals surface area contributed by atoms with Crippen molar-refractivity contribution in [2.75, 3.05) is 39.7 Å². The Morgan fingerprint density at radius 3 is 2.44 bits per heavy atom. The number of halogens is 1. The summed E-state index contributed by atoms with van der Waals surface area (Å²) in [5, 5.41) is 2.89. The van der Waals surface area contributed by atoms with Crippen LogP contribution in [0.25, 0.3) is 0 Å². The first-order chi connectivity index (χ1) is 15.4. The minimum Gasteiger partial charge on any atom is -0.464 e. The number of ketones is 1. The highest BCUT2D eigenvalue weighted by Crippen LogP contribution is 2.30. The number of hydrogen-bond acceptors (Lipinski definition) is 8. The molecule has 1 atom stereocenters. The van der Waals surface area contributed by atoms with Crippen LogP contribution in [0, 0.1) is 5.92 Å². The molecule has 0 saturated carbocycles. The van der Waals surface area contributed by atoms with Crippen LogP contribution >= 0.6 is 11.6 Å². The lowest BCUT2D eigenvalue weighted by Gasteiger charge is -2.22. The maximum Gasteiger partial charge on any atom is 0.326 e. The fraction of sp³-hybridized carbons (Fsp3) is 0.318. The second-order valence-corrected chi connectivity index (χ2v) is 7.21. The highest BCUT2D eigenvalue weighted by atomic mass is 35.5. The summed E-state index contributed by atoms with van der Waals surface area (Å²) in [7, 11) is 3.00. The Hall–Kier alpha value is -3.14. The number of benzene rings is 2. The maximum atomic E-state index is 12.6. The number of anilines is 1. The van der Waals surface area contributed by atoms with Gasteiger partial charge in [-0.25, -0.2) is 0 Å². The van der Waals surface area contributed by atoms with Gasteiger partial charge in [0.1, 0.15) is 0 Å². The van der Waals surface area contributed by atoms with Crippen molar-refractivity contribution in [1.82, 2.24) is 0 Å². The molecule has 2 aromatic rings. The van der Waals surface area contributed by atoms with Crippen molar-refractivity contribution in [3.05, 3.63) is 52.5 Å². The molecule has 0 aromatic heterocycles. The molecule has 0 fully saturated rings. The van der Waals surface area contributed by atoms with Gasteiger partial charge in [0.2, 0.25) is 5.91 Å². The number of esters is 1. The van der Waals surface area contributed by atoms with Gasteiger partial charge in [-0.1, -0.05) is 17.7 Å². The molecule has 1 N–H and O–H groups in total. The third kappa shape index (κ3) is 5.56. The lowest BCUT2D eigenvalue weighted by Crippen LogP contribution is -2.41. The van der Waals surface area contributed by atoms with Crippen molar-refractivity contribution in [3.63, 3.8) is 0 Å². The van der Waals surface area contributed by atoms with Gasteiger partial charge in [0.15, 0.2) is 36.8 Å². The van der Waals surface area contributed by atoms with E-state index >= 15 is 0 Å². The average Bonchev–Trinajstić information content (AvgIpc) is 2.76. The number of hydrogen-bond donors (Lipinski definition) is 1. The molecule has 2 aromatic carbocycles. The number of methoxy groups -OCH3 is 2. The van der Waals surface area contributed by atoms with Crippen molar-refractivity contribution in [2.24, 2.45) is 5.92 Å². The standard InChI is InChI=1S/C22H22ClNO8/c1-28-11-31-17-6-3-13(9-18(17)32-12-29-2)7-8-30-22(27)19-20(25)15-5-4-14(23)10-16(15)24-21(19)26/h3-6,9-10,19H,7-8,11-12H2,1-2H3,(H,24,26). The van der Waals surface area contributed by atoms with Crippen molar-refractivity contribution in [1.29, 1.82) is 0 Å². The van der Waals surface area contributed by atoms with Gasteiger partial charge in [-0.15, -0.1) is 0 Å². The van der Waals surface area contributed by atoms with Crippen molar-refractivity contribution >= 4 is 34.9 Å². The van der Waals surface area contributed by atoms with Gasteiger partial charge in [-0.3, -0.25) is 14.4 Å². The minimum absolute atomic E-state index is 0.0212. The number of ether oxygens (including phenoxy) is 5. The summed E-state index contributed by atoms with van der Waals surface area (Å²) in [5.41, 5.74) is 1.27. The van der Waals surface area contributed by atoms with E-state index in [4.69, 9.17) is 35.3 Å². The number of rotatable bonds is 10. The van der Waals surface area contributed by atoms with Crippen LogP contribution in [-0.4, -0.2) is 52.1 Å². The van der Waals surface area contributed by atoms with Crippen molar-refractivity contribution in [3.8, 4) is 11.5 Å². The van der Waals surface area contributed by atoms with E-state index in [-0.39, 0.29) is 31.4 Å². The Kier molecular flexibility index (Phi) is 8.04. The summed E-state index contributed by atoms with van der Waals surface area (Å²) in [6.07, 6.45) is 0.328. The molecule has 32 heavy (non-hydrogen) atoms. The molecule has 0 aliphatic carbocycles. The molecule has 1 heterocycles. The quantitative estimate of drug-likeness (QED) is 0.325. The van der Waals surface area contributed by atoms with E-state index in [0.29, 0.717) is 22.9 Å². The molecule has 1 unspecified atom stereocenters. The molecule has 170 valence electrons. The molecule has 1 aliphatic heterocycles. The minimum atomic E-state index is -1.56. The average molecular weight is 464 g/mol. The highest BCUT2D eigenvalue weighted by Gasteiger charge is 2.41. The second-order valence-electron chi connectivity index (χ2n) is 6.78. The molecule has 0 radical (unpaired) electrons. The Morgan fingerprint density at radius 2 is 1.72 bits per heavy atom. The summed E-state index contributed by atoms with van der Waals surface area (Å²) in [4.78, 5) is 37.4. The number of Topliss-reactive ketones (excluding diaryl/α,β-unsaturated/α-hetero) is 1. The van der Waals surface area contributed by atoms with E-state index in [2.05, 4.69) is 5.32 Å². The van der Waals surface area contributed by atoms with Crippen molar-refractivity contribution < 1.29 is 38.1 Å². The van der Waals surface area contributed by atoms with E-state index in [9.17, 15) is 14.4 Å². The van der Waals surface area contributed by atoms with E-state index in [1.807, 2.05) is 0 Å². The number of amides is 1. The van der Waals surface area contributed by atoms with Gasteiger partial charge in [0.25, 0.3) is 0 Å². The number of carbonyl (C=O) groups excluding carboxylic acids is 3. The molecule has 3 rings (SSSR count). The molecular formula is C22H22ClNO8. The molecule has 0 spiro atoms. The van der Waals surface area contributed by atoms with Crippen molar-refractivity contribution in [2.45, 2.75) is 6.42 Å². The predicted molar refractivity (Wildman–Crippen MR) is 114 cm³/mol. The molecule has 1 amide bonds. The summed E-state index contributed by atoms with van der Waals surface area (Å²) >= 11 is 5.89. The van der Waals surface area contributed by atoms with Crippen LogP contribution in [0.3, 0.4) is 0 Å². The summed E-state index contributed by atoms with van der Waals surface area (Å²) in [6.45, 7) is 0.0336. The zero-order chi connectivity index (χ0) is 23.1. The van der Waals surface area contributed by atoms with Crippen LogP contribution in [0.1, 0.15) is 15.9 Å². The van der Waals surface area contributed by atoms with Gasteiger partial charge < -0.3 is 29.0 Å². The molecule has 0 bridgehead atoms. The fourth-order valence-electron chi connectivity index (χ4n) is 3.07. The third-order valence-corrected chi connectivity index (χ3v) is 4.81. The molecular weight excluding hydrogens is 442 g/mol.